The Morgan fingerprint density at radius 3 is 2.64 bits per heavy atom. The van der Waals surface area contributed by atoms with Crippen molar-refractivity contribution in [2.24, 2.45) is 0 Å². The van der Waals surface area contributed by atoms with Crippen molar-refractivity contribution in [2.45, 2.75) is 44.2 Å². The van der Waals surface area contributed by atoms with Gasteiger partial charge in [-0.1, -0.05) is 6.42 Å². The van der Waals surface area contributed by atoms with Gasteiger partial charge in [-0.3, -0.25) is 4.90 Å². The van der Waals surface area contributed by atoms with E-state index in [1.54, 1.807) is 0 Å². The third-order valence-electron chi connectivity index (χ3n) is 3.69. The van der Waals surface area contributed by atoms with Crippen molar-refractivity contribution in [1.82, 2.24) is 10.2 Å². The molecule has 0 radical (unpaired) electrons. The number of nitrogens with one attached hydrogen (secondary N) is 1. The lowest BCUT2D eigenvalue weighted by Crippen LogP contribution is -2.61. The van der Waals surface area contributed by atoms with Crippen LogP contribution in [-0.2, 0) is 0 Å². The summed E-state index contributed by atoms with van der Waals surface area (Å²) in [6.07, 6.45) is 4.84. The van der Waals surface area contributed by atoms with E-state index in [1.807, 2.05) is 6.92 Å². The van der Waals surface area contributed by atoms with Gasteiger partial charge in [-0.25, -0.2) is 0 Å². The van der Waals surface area contributed by atoms with Crippen LogP contribution in [0.25, 0.3) is 0 Å². The Bertz CT molecular complexity index is 188. The van der Waals surface area contributed by atoms with Crippen LogP contribution in [0.2, 0.25) is 0 Å². The van der Waals surface area contributed by atoms with Crippen molar-refractivity contribution in [3.63, 3.8) is 0 Å². The Morgan fingerprint density at radius 2 is 2.00 bits per heavy atom. The lowest BCUT2D eigenvalue weighted by molar-refractivity contribution is -0.0576. The number of rotatable bonds is 1. The van der Waals surface area contributed by atoms with Gasteiger partial charge in [0.05, 0.1) is 11.6 Å². The summed E-state index contributed by atoms with van der Waals surface area (Å²) in [7, 11) is 0. The molecule has 3 nitrogen and oxygen atoms in total. The molecule has 0 aromatic carbocycles. The number of hydrogen-bond acceptors (Lipinski definition) is 3. The second-order valence-electron chi connectivity index (χ2n) is 4.92. The first kappa shape index (κ1) is 10.4. The summed E-state index contributed by atoms with van der Waals surface area (Å²) < 4.78 is 0. The first-order valence-corrected chi connectivity index (χ1v) is 5.87. The molecule has 0 aromatic rings. The maximum atomic E-state index is 10.3. The van der Waals surface area contributed by atoms with Crippen LogP contribution in [0.3, 0.4) is 0 Å². The van der Waals surface area contributed by atoms with Crippen LogP contribution in [0, 0.1) is 0 Å². The maximum Gasteiger partial charge on any atom is 0.0798 e. The summed E-state index contributed by atoms with van der Waals surface area (Å²) in [6, 6.07) is 0.330. The molecule has 0 aromatic heterocycles. The zero-order valence-corrected chi connectivity index (χ0v) is 9.13. The van der Waals surface area contributed by atoms with Crippen molar-refractivity contribution < 1.29 is 5.11 Å². The molecule has 2 N–H and O–H groups in total. The van der Waals surface area contributed by atoms with E-state index in [1.165, 1.54) is 32.4 Å². The highest BCUT2D eigenvalue weighted by atomic mass is 16.3. The van der Waals surface area contributed by atoms with Crippen LogP contribution in [0.5, 0.6) is 0 Å². The van der Waals surface area contributed by atoms with Crippen LogP contribution in [0.4, 0.5) is 0 Å². The minimum Gasteiger partial charge on any atom is -0.388 e. The van der Waals surface area contributed by atoms with Crippen LogP contribution in [0.1, 0.15) is 32.6 Å². The molecule has 0 aliphatic carbocycles. The van der Waals surface area contributed by atoms with Crippen molar-refractivity contribution in [1.29, 1.82) is 0 Å². The molecule has 2 atom stereocenters. The van der Waals surface area contributed by atoms with E-state index >= 15 is 0 Å². The van der Waals surface area contributed by atoms with Gasteiger partial charge in [-0.05, 0) is 45.8 Å². The summed E-state index contributed by atoms with van der Waals surface area (Å²) in [6.45, 7) is 6.24. The highest BCUT2D eigenvalue weighted by Gasteiger charge is 2.38. The smallest absolute Gasteiger partial charge is 0.0798 e. The molecule has 0 bridgehead atoms. The van der Waals surface area contributed by atoms with Gasteiger partial charge in [0.2, 0.25) is 0 Å². The van der Waals surface area contributed by atoms with Gasteiger partial charge in [-0.2, -0.15) is 0 Å². The highest BCUT2D eigenvalue weighted by molar-refractivity contribution is 4.95. The molecule has 2 aliphatic rings. The minimum absolute atomic E-state index is 0.330. The largest absolute Gasteiger partial charge is 0.388 e. The fourth-order valence-corrected chi connectivity index (χ4v) is 2.72. The number of likely N-dealkylation sites (tertiary alicyclic amines) is 1. The molecular formula is C11H22N2O. The Labute approximate surface area is 86.5 Å². The molecule has 0 amide bonds. The molecular weight excluding hydrogens is 176 g/mol. The Morgan fingerprint density at radius 1 is 1.29 bits per heavy atom. The molecule has 14 heavy (non-hydrogen) atoms. The summed E-state index contributed by atoms with van der Waals surface area (Å²) >= 11 is 0. The second-order valence-corrected chi connectivity index (χ2v) is 4.92. The first-order chi connectivity index (χ1) is 6.70. The fourth-order valence-electron chi connectivity index (χ4n) is 2.72. The lowest BCUT2D eigenvalue weighted by atomic mass is 9.87. The van der Waals surface area contributed by atoms with Crippen molar-refractivity contribution in [3.8, 4) is 0 Å². The van der Waals surface area contributed by atoms with Gasteiger partial charge < -0.3 is 10.4 Å². The predicted octanol–water partition coefficient (Wildman–Crippen LogP) is 0.585. The lowest BCUT2D eigenvalue weighted by Gasteiger charge is -2.45. The van der Waals surface area contributed by atoms with Crippen LogP contribution in [0.15, 0.2) is 0 Å². The van der Waals surface area contributed by atoms with E-state index in [4.69, 9.17) is 0 Å². The molecule has 3 heteroatoms. The average Bonchev–Trinajstić information content (AvgIpc) is 2.18. The van der Waals surface area contributed by atoms with Gasteiger partial charge >= 0.3 is 0 Å². The van der Waals surface area contributed by atoms with E-state index in [9.17, 15) is 5.11 Å². The van der Waals surface area contributed by atoms with Crippen LogP contribution < -0.4 is 5.32 Å². The van der Waals surface area contributed by atoms with Crippen molar-refractivity contribution in [2.75, 3.05) is 26.2 Å². The second kappa shape index (κ2) is 4.17. The molecule has 2 unspecified atom stereocenters. The number of piperidine rings is 2. The van der Waals surface area contributed by atoms with Crippen molar-refractivity contribution >= 4 is 0 Å². The molecule has 0 saturated carbocycles. The molecule has 2 rings (SSSR count). The number of hydrogen-bond donors (Lipinski definition) is 2. The molecule has 0 spiro atoms. The van der Waals surface area contributed by atoms with E-state index < -0.39 is 5.60 Å². The topological polar surface area (TPSA) is 35.5 Å². The summed E-state index contributed by atoms with van der Waals surface area (Å²) in [5.41, 5.74) is -0.484. The molecule has 2 fully saturated rings. The third-order valence-corrected chi connectivity index (χ3v) is 3.69. The minimum atomic E-state index is -0.484. The molecule has 2 heterocycles. The summed E-state index contributed by atoms with van der Waals surface area (Å²) in [5, 5.41) is 13.7. The standard InChI is InChI=1S/C11H22N2O/c1-11(14)5-6-12-9-10(11)13-7-3-2-4-8-13/h10,12,14H,2-9H2,1H3. The Kier molecular flexibility index (Phi) is 3.10. The van der Waals surface area contributed by atoms with Gasteiger partial charge in [0.1, 0.15) is 0 Å². The van der Waals surface area contributed by atoms with Gasteiger partial charge in [-0.15, -0.1) is 0 Å². The number of aliphatic hydroxyl groups is 1. The summed E-state index contributed by atoms with van der Waals surface area (Å²) in [4.78, 5) is 2.47. The normalized spacial score (nSPS) is 41.1. The Balaban J connectivity index is 1.99. The average molecular weight is 198 g/mol. The molecule has 2 saturated heterocycles. The van der Waals surface area contributed by atoms with E-state index in [0.29, 0.717) is 6.04 Å². The number of nitrogens with zero attached hydrogens (tertiary/aromatic N) is 1. The highest BCUT2D eigenvalue weighted by Crippen LogP contribution is 2.25. The van der Waals surface area contributed by atoms with E-state index in [2.05, 4.69) is 10.2 Å². The molecule has 82 valence electrons. The van der Waals surface area contributed by atoms with E-state index in [0.717, 1.165) is 19.5 Å². The molecule has 2 aliphatic heterocycles. The first-order valence-electron chi connectivity index (χ1n) is 5.87. The maximum absolute atomic E-state index is 10.3. The predicted molar refractivity (Wildman–Crippen MR) is 57.3 cm³/mol. The Hall–Kier alpha value is -0.120. The van der Waals surface area contributed by atoms with E-state index in [-0.39, 0.29) is 0 Å². The van der Waals surface area contributed by atoms with Gasteiger partial charge in [0.25, 0.3) is 0 Å². The SMILES string of the molecule is CC1(O)CCNCC1N1CCCCC1. The summed E-state index contributed by atoms with van der Waals surface area (Å²) in [5.74, 6) is 0. The fraction of sp³-hybridized carbons (Fsp3) is 1.00. The zero-order chi connectivity index (χ0) is 10.0. The van der Waals surface area contributed by atoms with Crippen LogP contribution in [-0.4, -0.2) is 47.8 Å². The van der Waals surface area contributed by atoms with Gasteiger partial charge in [0, 0.05) is 6.54 Å². The quantitative estimate of drug-likeness (QED) is 0.647. The van der Waals surface area contributed by atoms with Crippen molar-refractivity contribution in [3.05, 3.63) is 0 Å². The van der Waals surface area contributed by atoms with Crippen LogP contribution >= 0.6 is 0 Å². The third kappa shape index (κ3) is 2.10. The monoisotopic (exact) mass is 198 g/mol. The zero-order valence-electron chi connectivity index (χ0n) is 9.13. The van der Waals surface area contributed by atoms with Gasteiger partial charge in [0.15, 0.2) is 0 Å².